The molecule has 0 radical (unpaired) electrons. The molecule has 1 aliphatic heterocycles. The largest absolute Gasteiger partial charge is 0.452 e. The van der Waals surface area contributed by atoms with Crippen molar-refractivity contribution in [1.82, 2.24) is 9.78 Å². The zero-order valence-corrected chi connectivity index (χ0v) is 14.2. The van der Waals surface area contributed by atoms with Gasteiger partial charge in [0, 0.05) is 24.5 Å². The Morgan fingerprint density at radius 2 is 2.08 bits per heavy atom. The molecule has 6 nitrogen and oxygen atoms in total. The zero-order chi connectivity index (χ0) is 17.3. The number of aromatic nitrogens is 2. The Kier molecular flexibility index (Phi) is 4.38. The summed E-state index contributed by atoms with van der Waals surface area (Å²) in [5.74, 6) is -0.726. The van der Waals surface area contributed by atoms with Gasteiger partial charge in [0.15, 0.2) is 6.61 Å². The first-order valence-corrected chi connectivity index (χ1v) is 8.04. The summed E-state index contributed by atoms with van der Waals surface area (Å²) in [6, 6.07) is 7.96. The van der Waals surface area contributed by atoms with Crippen molar-refractivity contribution in [3.63, 3.8) is 0 Å². The van der Waals surface area contributed by atoms with Crippen molar-refractivity contribution in [3.05, 3.63) is 47.3 Å². The zero-order valence-electron chi connectivity index (χ0n) is 14.2. The molecule has 1 aromatic heterocycles. The molecule has 0 saturated heterocycles. The molecule has 0 fully saturated rings. The van der Waals surface area contributed by atoms with Gasteiger partial charge in [0.2, 0.25) is 0 Å². The maximum absolute atomic E-state index is 12.6. The fourth-order valence-electron chi connectivity index (χ4n) is 3.04. The molecule has 3 rings (SSSR count). The van der Waals surface area contributed by atoms with E-state index in [4.69, 9.17) is 4.74 Å². The molecule has 126 valence electrons. The Morgan fingerprint density at radius 3 is 2.79 bits per heavy atom. The van der Waals surface area contributed by atoms with Crippen molar-refractivity contribution in [2.45, 2.75) is 32.7 Å². The highest BCUT2D eigenvalue weighted by atomic mass is 16.5. The number of carbonyl (C=O) groups is 2. The number of amides is 1. The lowest BCUT2D eigenvalue weighted by molar-refractivity contribution is -0.122. The van der Waals surface area contributed by atoms with Gasteiger partial charge in [-0.25, -0.2) is 4.79 Å². The normalized spacial score (nSPS) is 16.6. The van der Waals surface area contributed by atoms with E-state index in [-0.39, 0.29) is 18.6 Å². The highest BCUT2D eigenvalue weighted by Crippen LogP contribution is 2.30. The maximum atomic E-state index is 12.6. The van der Waals surface area contributed by atoms with Crippen molar-refractivity contribution < 1.29 is 14.3 Å². The van der Waals surface area contributed by atoms with Crippen LogP contribution in [0.3, 0.4) is 0 Å². The third-order valence-electron chi connectivity index (χ3n) is 4.57. The van der Waals surface area contributed by atoms with Gasteiger partial charge in [0.25, 0.3) is 5.91 Å². The van der Waals surface area contributed by atoms with Gasteiger partial charge in [0.1, 0.15) is 5.56 Å². The molecule has 2 heterocycles. The van der Waals surface area contributed by atoms with Crippen molar-refractivity contribution in [2.24, 2.45) is 7.05 Å². The third kappa shape index (κ3) is 2.91. The number of hydrogen-bond donors (Lipinski definition) is 0. The van der Waals surface area contributed by atoms with Crippen molar-refractivity contribution in [3.8, 4) is 0 Å². The maximum Gasteiger partial charge on any atom is 0.342 e. The number of carbonyl (C=O) groups excluding carboxylic acids is 2. The van der Waals surface area contributed by atoms with Crippen LogP contribution in [0.15, 0.2) is 30.5 Å². The number of fused-ring (bicyclic) bond motifs is 1. The molecule has 0 saturated carbocycles. The van der Waals surface area contributed by atoms with E-state index in [0.29, 0.717) is 11.3 Å². The van der Waals surface area contributed by atoms with Gasteiger partial charge in [-0.1, -0.05) is 18.2 Å². The summed E-state index contributed by atoms with van der Waals surface area (Å²) >= 11 is 0. The fraction of sp³-hybridized carbons (Fsp3) is 0.389. The molecule has 0 spiro atoms. The number of benzene rings is 1. The topological polar surface area (TPSA) is 64.4 Å². The van der Waals surface area contributed by atoms with Gasteiger partial charge < -0.3 is 9.64 Å². The second-order valence-corrected chi connectivity index (χ2v) is 6.12. The minimum absolute atomic E-state index is 0.0891. The molecule has 0 unspecified atom stereocenters. The molecule has 0 N–H and O–H groups in total. The molecule has 2 aromatic rings. The quantitative estimate of drug-likeness (QED) is 0.811. The van der Waals surface area contributed by atoms with E-state index >= 15 is 0 Å². The number of rotatable bonds is 3. The van der Waals surface area contributed by atoms with Crippen molar-refractivity contribution >= 4 is 17.6 Å². The number of ether oxygens (including phenoxy) is 1. The molecule has 1 atom stereocenters. The first-order chi connectivity index (χ1) is 11.5. The molecule has 0 aliphatic carbocycles. The van der Waals surface area contributed by atoms with Gasteiger partial charge in [-0.05, 0) is 38.3 Å². The first kappa shape index (κ1) is 16.2. The van der Waals surface area contributed by atoms with Gasteiger partial charge >= 0.3 is 5.97 Å². The summed E-state index contributed by atoms with van der Waals surface area (Å²) in [5.41, 5.74) is 3.16. The summed E-state index contributed by atoms with van der Waals surface area (Å²) in [4.78, 5) is 26.5. The molecular formula is C18H21N3O3. The monoisotopic (exact) mass is 327 g/mol. The summed E-state index contributed by atoms with van der Waals surface area (Å²) in [7, 11) is 1.75. The Balaban J connectivity index is 1.71. The van der Waals surface area contributed by atoms with Crippen LogP contribution in [-0.4, -0.2) is 34.3 Å². The van der Waals surface area contributed by atoms with Crippen LogP contribution in [0.4, 0.5) is 5.69 Å². The van der Waals surface area contributed by atoms with E-state index in [1.54, 1.807) is 23.6 Å². The second kappa shape index (κ2) is 6.47. The number of hydrogen-bond acceptors (Lipinski definition) is 4. The molecular weight excluding hydrogens is 306 g/mol. The minimum atomic E-state index is -0.521. The van der Waals surface area contributed by atoms with E-state index < -0.39 is 5.97 Å². The van der Waals surface area contributed by atoms with Crippen LogP contribution in [0.25, 0.3) is 0 Å². The van der Waals surface area contributed by atoms with E-state index in [0.717, 1.165) is 24.1 Å². The van der Waals surface area contributed by atoms with E-state index in [1.807, 2.05) is 31.2 Å². The molecule has 1 aromatic carbocycles. The van der Waals surface area contributed by atoms with Crippen LogP contribution in [0.1, 0.15) is 35.0 Å². The van der Waals surface area contributed by atoms with Crippen LogP contribution in [0.2, 0.25) is 0 Å². The molecule has 24 heavy (non-hydrogen) atoms. The SMILES string of the molecule is Cc1c(C(=O)OCC(=O)N2c3ccccc3CC[C@H]2C)cnn1C. The summed E-state index contributed by atoms with van der Waals surface area (Å²) in [6.45, 7) is 3.53. The van der Waals surface area contributed by atoms with Crippen molar-refractivity contribution in [1.29, 1.82) is 0 Å². The summed E-state index contributed by atoms with van der Waals surface area (Å²) in [6.07, 6.45) is 3.31. The lowest BCUT2D eigenvalue weighted by Crippen LogP contribution is -2.44. The Bertz CT molecular complexity index is 782. The predicted octanol–water partition coefficient (Wildman–Crippen LogP) is 2.25. The fourth-order valence-corrected chi connectivity index (χ4v) is 3.04. The van der Waals surface area contributed by atoms with Crippen LogP contribution < -0.4 is 4.90 Å². The minimum Gasteiger partial charge on any atom is -0.452 e. The third-order valence-corrected chi connectivity index (χ3v) is 4.57. The van der Waals surface area contributed by atoms with E-state index in [9.17, 15) is 9.59 Å². The number of esters is 1. The number of anilines is 1. The Hall–Kier alpha value is -2.63. The molecule has 1 aliphatic rings. The number of aryl methyl sites for hydroxylation is 2. The Labute approximate surface area is 141 Å². The van der Waals surface area contributed by atoms with Crippen LogP contribution in [0, 0.1) is 6.92 Å². The molecule has 6 heteroatoms. The Morgan fingerprint density at radius 1 is 1.33 bits per heavy atom. The van der Waals surface area contributed by atoms with Gasteiger partial charge in [-0.3, -0.25) is 9.48 Å². The van der Waals surface area contributed by atoms with Crippen LogP contribution >= 0.6 is 0 Å². The summed E-state index contributed by atoms with van der Waals surface area (Å²) in [5, 5.41) is 4.02. The summed E-state index contributed by atoms with van der Waals surface area (Å²) < 4.78 is 6.82. The first-order valence-electron chi connectivity index (χ1n) is 8.04. The number of para-hydroxylation sites is 1. The van der Waals surface area contributed by atoms with E-state index in [1.165, 1.54) is 6.20 Å². The van der Waals surface area contributed by atoms with Crippen LogP contribution in [-0.2, 0) is 23.0 Å². The molecule has 1 amide bonds. The lowest BCUT2D eigenvalue weighted by Gasteiger charge is -2.35. The standard InChI is InChI=1S/C18H21N3O3/c1-12-8-9-14-6-4-5-7-16(14)21(12)17(22)11-24-18(23)15-10-19-20(3)13(15)2/h4-7,10,12H,8-9,11H2,1-3H3/t12-/m1/s1. The van der Waals surface area contributed by atoms with Crippen LogP contribution in [0.5, 0.6) is 0 Å². The highest BCUT2D eigenvalue weighted by molar-refractivity contribution is 5.98. The predicted molar refractivity (Wildman–Crippen MR) is 89.9 cm³/mol. The van der Waals surface area contributed by atoms with Crippen molar-refractivity contribution in [2.75, 3.05) is 11.5 Å². The molecule has 0 bridgehead atoms. The second-order valence-electron chi connectivity index (χ2n) is 6.12. The smallest absolute Gasteiger partial charge is 0.342 e. The highest BCUT2D eigenvalue weighted by Gasteiger charge is 2.28. The lowest BCUT2D eigenvalue weighted by atomic mass is 9.96. The van der Waals surface area contributed by atoms with Gasteiger partial charge in [-0.2, -0.15) is 5.10 Å². The van der Waals surface area contributed by atoms with Gasteiger partial charge in [-0.15, -0.1) is 0 Å². The van der Waals surface area contributed by atoms with E-state index in [2.05, 4.69) is 5.10 Å². The van der Waals surface area contributed by atoms with Gasteiger partial charge in [0.05, 0.1) is 6.20 Å². The average Bonchev–Trinajstić information content (AvgIpc) is 2.91. The average molecular weight is 327 g/mol. The number of nitrogens with zero attached hydrogens (tertiary/aromatic N) is 3.